The van der Waals surface area contributed by atoms with Crippen LogP contribution in [0.3, 0.4) is 0 Å². The van der Waals surface area contributed by atoms with E-state index in [2.05, 4.69) is 0 Å². The molecule has 1 unspecified atom stereocenters. The minimum atomic E-state index is -1.51. The van der Waals surface area contributed by atoms with Crippen LogP contribution in [-0.4, -0.2) is 52.0 Å². The Balaban J connectivity index is 2.42. The van der Waals surface area contributed by atoms with Crippen molar-refractivity contribution in [3.8, 4) is 0 Å². The van der Waals surface area contributed by atoms with Gasteiger partial charge in [-0.1, -0.05) is 25.3 Å². The Labute approximate surface area is 143 Å². The molecule has 0 saturated heterocycles. The number of hydrogen-bond donors (Lipinski definition) is 1. The van der Waals surface area contributed by atoms with Crippen molar-refractivity contribution in [2.45, 2.75) is 76.5 Å². The van der Waals surface area contributed by atoms with Crippen molar-refractivity contribution in [2.75, 3.05) is 13.2 Å². The van der Waals surface area contributed by atoms with Crippen molar-refractivity contribution in [1.82, 2.24) is 4.90 Å². The molecule has 1 aliphatic heterocycles. The standard InChI is InChI=1S/C18H29NO5/c1-5-23-14(20)18(17(22)10-7-6-8-11-17)12-9-13-19(18)15(21)24-16(2,3)4/h9,12,22H,5-8,10-11,13H2,1-4H3. The van der Waals surface area contributed by atoms with E-state index in [4.69, 9.17) is 9.47 Å². The summed E-state index contributed by atoms with van der Waals surface area (Å²) in [7, 11) is 0. The Kier molecular flexibility index (Phi) is 5.28. The van der Waals surface area contributed by atoms with E-state index in [1.165, 1.54) is 4.90 Å². The molecule has 1 saturated carbocycles. The Hall–Kier alpha value is -1.56. The van der Waals surface area contributed by atoms with Crippen molar-refractivity contribution in [2.24, 2.45) is 0 Å². The first-order chi connectivity index (χ1) is 11.2. The van der Waals surface area contributed by atoms with Gasteiger partial charge >= 0.3 is 12.1 Å². The van der Waals surface area contributed by atoms with E-state index in [0.29, 0.717) is 12.8 Å². The Morgan fingerprint density at radius 1 is 1.21 bits per heavy atom. The van der Waals surface area contributed by atoms with Gasteiger partial charge in [0.1, 0.15) is 11.2 Å². The minimum absolute atomic E-state index is 0.187. The molecule has 0 spiro atoms. The Morgan fingerprint density at radius 2 is 1.83 bits per heavy atom. The molecule has 2 aliphatic rings. The van der Waals surface area contributed by atoms with E-state index in [-0.39, 0.29) is 13.2 Å². The van der Waals surface area contributed by atoms with Crippen LogP contribution < -0.4 is 0 Å². The first kappa shape index (κ1) is 18.8. The Bertz CT molecular complexity index is 516. The average molecular weight is 339 g/mol. The highest BCUT2D eigenvalue weighted by molar-refractivity contribution is 5.91. The number of esters is 1. The lowest BCUT2D eigenvalue weighted by atomic mass is 9.70. The first-order valence-electron chi connectivity index (χ1n) is 8.74. The SMILES string of the molecule is CCOC(=O)C1(C2(O)CCCCC2)C=CCN1C(=O)OC(C)(C)C. The van der Waals surface area contributed by atoms with Crippen LogP contribution in [0.15, 0.2) is 12.2 Å². The smallest absolute Gasteiger partial charge is 0.411 e. The summed E-state index contributed by atoms with van der Waals surface area (Å²) in [6.07, 6.45) is 6.29. The molecule has 24 heavy (non-hydrogen) atoms. The van der Waals surface area contributed by atoms with Crippen LogP contribution in [0.5, 0.6) is 0 Å². The van der Waals surface area contributed by atoms with Crippen LogP contribution in [0.25, 0.3) is 0 Å². The summed E-state index contributed by atoms with van der Waals surface area (Å²) in [5, 5.41) is 11.3. The summed E-state index contributed by atoms with van der Waals surface area (Å²) >= 11 is 0. The number of rotatable bonds is 3. The summed E-state index contributed by atoms with van der Waals surface area (Å²) < 4.78 is 10.7. The summed E-state index contributed by atoms with van der Waals surface area (Å²) in [5.74, 6) is -0.589. The van der Waals surface area contributed by atoms with Crippen molar-refractivity contribution < 1.29 is 24.2 Å². The molecular formula is C18H29NO5. The minimum Gasteiger partial charge on any atom is -0.464 e. The second-order valence-electron chi connectivity index (χ2n) is 7.57. The lowest BCUT2D eigenvalue weighted by Gasteiger charge is -2.48. The molecule has 0 aromatic rings. The number of carbonyl (C=O) groups excluding carboxylic acids is 2. The molecule has 1 N–H and O–H groups in total. The zero-order chi connectivity index (χ0) is 18.0. The van der Waals surface area contributed by atoms with Gasteiger partial charge in [0.05, 0.1) is 6.61 Å². The summed E-state index contributed by atoms with van der Waals surface area (Å²) in [5.41, 5.74) is -3.53. The molecule has 0 bridgehead atoms. The van der Waals surface area contributed by atoms with Gasteiger partial charge < -0.3 is 14.6 Å². The first-order valence-corrected chi connectivity index (χ1v) is 8.74. The third-order valence-corrected chi connectivity index (χ3v) is 4.66. The number of hydrogen-bond acceptors (Lipinski definition) is 5. The quantitative estimate of drug-likeness (QED) is 0.632. The maximum atomic E-state index is 12.9. The number of amides is 1. The summed E-state index contributed by atoms with van der Waals surface area (Å²) in [6, 6.07) is 0. The highest BCUT2D eigenvalue weighted by atomic mass is 16.6. The van der Waals surface area contributed by atoms with Crippen molar-refractivity contribution in [1.29, 1.82) is 0 Å². The fourth-order valence-electron chi connectivity index (χ4n) is 3.63. The van der Waals surface area contributed by atoms with E-state index >= 15 is 0 Å². The van der Waals surface area contributed by atoms with Crippen molar-refractivity contribution >= 4 is 12.1 Å². The van der Waals surface area contributed by atoms with Gasteiger partial charge in [0.15, 0.2) is 5.54 Å². The van der Waals surface area contributed by atoms with Gasteiger partial charge in [-0.3, -0.25) is 4.90 Å². The molecule has 1 aliphatic carbocycles. The second kappa shape index (κ2) is 6.75. The van der Waals surface area contributed by atoms with Gasteiger partial charge in [-0.05, 0) is 46.6 Å². The third kappa shape index (κ3) is 3.29. The van der Waals surface area contributed by atoms with Gasteiger partial charge in [-0.25, -0.2) is 9.59 Å². The van der Waals surface area contributed by atoms with Crippen molar-refractivity contribution in [3.05, 3.63) is 12.2 Å². The molecule has 6 nitrogen and oxygen atoms in total. The van der Waals surface area contributed by atoms with Gasteiger partial charge in [0, 0.05) is 6.54 Å². The van der Waals surface area contributed by atoms with E-state index in [1.54, 1.807) is 39.8 Å². The van der Waals surface area contributed by atoms with Crippen LogP contribution in [0.1, 0.15) is 59.8 Å². The van der Waals surface area contributed by atoms with Crippen LogP contribution in [0.2, 0.25) is 0 Å². The molecule has 1 amide bonds. The maximum absolute atomic E-state index is 12.9. The van der Waals surface area contributed by atoms with Crippen LogP contribution in [0, 0.1) is 0 Å². The van der Waals surface area contributed by atoms with Gasteiger partial charge in [-0.15, -0.1) is 0 Å². The highest BCUT2D eigenvalue weighted by Gasteiger charge is 2.62. The largest absolute Gasteiger partial charge is 0.464 e. The van der Waals surface area contributed by atoms with Crippen LogP contribution in [-0.2, 0) is 14.3 Å². The van der Waals surface area contributed by atoms with E-state index in [0.717, 1.165) is 19.3 Å². The molecule has 0 radical (unpaired) electrons. The maximum Gasteiger partial charge on any atom is 0.411 e. The van der Waals surface area contributed by atoms with E-state index in [1.807, 2.05) is 0 Å². The lowest BCUT2D eigenvalue weighted by molar-refractivity contribution is -0.174. The third-order valence-electron chi connectivity index (χ3n) is 4.66. The van der Waals surface area contributed by atoms with Crippen LogP contribution >= 0.6 is 0 Å². The van der Waals surface area contributed by atoms with Gasteiger partial charge in [0.2, 0.25) is 0 Å². The predicted octanol–water partition coefficient (Wildman–Crippen LogP) is 2.79. The number of nitrogens with zero attached hydrogens (tertiary/aromatic N) is 1. The van der Waals surface area contributed by atoms with Crippen LogP contribution in [0.4, 0.5) is 4.79 Å². The fraction of sp³-hybridized carbons (Fsp3) is 0.778. The Morgan fingerprint density at radius 3 is 2.38 bits per heavy atom. The normalized spacial score (nSPS) is 26.3. The lowest BCUT2D eigenvalue weighted by Crippen LogP contribution is -2.68. The highest BCUT2D eigenvalue weighted by Crippen LogP contribution is 2.44. The molecule has 0 aromatic carbocycles. The topological polar surface area (TPSA) is 76.1 Å². The predicted molar refractivity (Wildman–Crippen MR) is 89.5 cm³/mol. The number of ether oxygens (including phenoxy) is 2. The number of aliphatic hydroxyl groups is 1. The zero-order valence-corrected chi connectivity index (χ0v) is 15.1. The molecule has 1 atom stereocenters. The number of carbonyl (C=O) groups is 2. The molecule has 6 heteroatoms. The molecule has 0 aromatic heterocycles. The van der Waals surface area contributed by atoms with Gasteiger partial charge in [0.25, 0.3) is 0 Å². The monoisotopic (exact) mass is 339 g/mol. The summed E-state index contributed by atoms with van der Waals surface area (Å²) in [4.78, 5) is 26.9. The average Bonchev–Trinajstić information content (AvgIpc) is 2.93. The second-order valence-corrected chi connectivity index (χ2v) is 7.57. The fourth-order valence-corrected chi connectivity index (χ4v) is 3.63. The van der Waals surface area contributed by atoms with Crippen molar-refractivity contribution in [3.63, 3.8) is 0 Å². The van der Waals surface area contributed by atoms with Gasteiger partial charge in [-0.2, -0.15) is 0 Å². The zero-order valence-electron chi connectivity index (χ0n) is 15.1. The molecule has 136 valence electrons. The van der Waals surface area contributed by atoms with E-state index < -0.39 is 28.8 Å². The summed E-state index contributed by atoms with van der Waals surface area (Å²) in [6.45, 7) is 7.44. The molecule has 2 rings (SSSR count). The molecule has 1 fully saturated rings. The van der Waals surface area contributed by atoms with E-state index in [9.17, 15) is 14.7 Å². The molecule has 1 heterocycles. The molecular weight excluding hydrogens is 310 g/mol.